The summed E-state index contributed by atoms with van der Waals surface area (Å²) in [6.45, 7) is 6.03. The van der Waals surface area contributed by atoms with Crippen LogP contribution < -0.4 is 5.32 Å². The predicted octanol–water partition coefficient (Wildman–Crippen LogP) is 4.06. The van der Waals surface area contributed by atoms with E-state index in [4.69, 9.17) is 0 Å². The molecule has 2 heterocycles. The molecule has 0 aliphatic carbocycles. The highest BCUT2D eigenvalue weighted by atomic mass is 35.5. The first-order valence-corrected chi connectivity index (χ1v) is 9.34. The number of hydrogen-bond donors (Lipinski definition) is 1. The molecule has 0 saturated carbocycles. The highest BCUT2D eigenvalue weighted by molar-refractivity contribution is 7.18. The normalized spacial score (nSPS) is 20.0. The van der Waals surface area contributed by atoms with Crippen molar-refractivity contribution in [1.29, 1.82) is 0 Å². The van der Waals surface area contributed by atoms with E-state index in [-0.39, 0.29) is 24.8 Å². The lowest BCUT2D eigenvalue weighted by atomic mass is 10.1. The quantitative estimate of drug-likeness (QED) is 0.765. The van der Waals surface area contributed by atoms with Crippen LogP contribution in [0.3, 0.4) is 0 Å². The van der Waals surface area contributed by atoms with Crippen molar-refractivity contribution >= 4 is 52.3 Å². The molecule has 2 aromatic rings. The minimum absolute atomic E-state index is 0. The Morgan fingerprint density at radius 2 is 2.04 bits per heavy atom. The number of fused-ring (bicyclic) bond motifs is 1. The van der Waals surface area contributed by atoms with Crippen molar-refractivity contribution in [1.82, 2.24) is 15.2 Å². The van der Waals surface area contributed by atoms with Crippen LogP contribution in [0.5, 0.6) is 0 Å². The lowest BCUT2D eigenvalue weighted by Crippen LogP contribution is -2.57. The number of amides is 1. The van der Waals surface area contributed by atoms with Gasteiger partial charge in [-0.2, -0.15) is 0 Å². The van der Waals surface area contributed by atoms with Crippen molar-refractivity contribution in [2.24, 2.45) is 0 Å². The van der Waals surface area contributed by atoms with E-state index >= 15 is 0 Å². The number of piperazine rings is 1. The molecule has 1 aliphatic heterocycles. The second-order valence-electron chi connectivity index (χ2n) is 6.35. The maximum absolute atomic E-state index is 12.4. The summed E-state index contributed by atoms with van der Waals surface area (Å²) in [6, 6.07) is 8.94. The molecular formula is C18H27Cl2N3OS. The summed E-state index contributed by atoms with van der Waals surface area (Å²) in [6.07, 6.45) is 3.60. The first-order chi connectivity index (χ1) is 11.1. The number of nitrogens with zero attached hydrogens (tertiary/aromatic N) is 2. The molecule has 0 bridgehead atoms. The van der Waals surface area contributed by atoms with E-state index in [2.05, 4.69) is 42.3 Å². The van der Waals surface area contributed by atoms with Crippen LogP contribution in [0, 0.1) is 0 Å². The number of hydrogen-bond acceptors (Lipinski definition) is 4. The van der Waals surface area contributed by atoms with Crippen LogP contribution in [-0.2, 0) is 11.2 Å². The number of para-hydroxylation sites is 1. The van der Waals surface area contributed by atoms with Crippen molar-refractivity contribution in [3.8, 4) is 0 Å². The Balaban J connectivity index is 0.00000156. The molecule has 2 atom stereocenters. The highest BCUT2D eigenvalue weighted by Gasteiger charge is 2.27. The Labute approximate surface area is 166 Å². The SMILES string of the molecule is CC1NCCN(C(=O)CCCCc2nc3ccccc3s2)C1C.Cl.Cl. The van der Waals surface area contributed by atoms with Crippen LogP contribution in [-0.4, -0.2) is 41.0 Å². The summed E-state index contributed by atoms with van der Waals surface area (Å²) in [7, 11) is 0. The zero-order valence-corrected chi connectivity index (χ0v) is 17.2. The van der Waals surface area contributed by atoms with Gasteiger partial charge in [0.25, 0.3) is 0 Å². The summed E-state index contributed by atoms with van der Waals surface area (Å²) in [4.78, 5) is 19.1. The van der Waals surface area contributed by atoms with E-state index in [1.54, 1.807) is 11.3 Å². The average Bonchev–Trinajstić information content (AvgIpc) is 2.96. The number of carbonyl (C=O) groups is 1. The standard InChI is InChI=1S/C18H25N3OS.2ClH/c1-13-14(2)21(12-11-19-13)18(22)10-6-5-9-17-20-15-7-3-4-8-16(15)23-17;;/h3-4,7-8,13-14,19H,5-6,9-12H2,1-2H3;2*1H. The van der Waals surface area contributed by atoms with E-state index < -0.39 is 0 Å². The van der Waals surface area contributed by atoms with E-state index in [1.807, 2.05) is 11.0 Å². The molecule has 0 spiro atoms. The number of thiazole rings is 1. The minimum atomic E-state index is 0. The van der Waals surface area contributed by atoms with Gasteiger partial charge in [0.1, 0.15) is 0 Å². The Bertz CT molecular complexity index is 646. The fourth-order valence-corrected chi connectivity index (χ4v) is 4.14. The van der Waals surface area contributed by atoms with Gasteiger partial charge >= 0.3 is 0 Å². The molecule has 2 unspecified atom stereocenters. The van der Waals surface area contributed by atoms with E-state index in [9.17, 15) is 4.79 Å². The van der Waals surface area contributed by atoms with Gasteiger partial charge in [0.2, 0.25) is 5.91 Å². The van der Waals surface area contributed by atoms with Crippen molar-refractivity contribution in [3.05, 3.63) is 29.3 Å². The number of rotatable bonds is 5. The fraction of sp³-hybridized carbons (Fsp3) is 0.556. The molecule has 140 valence electrons. The number of unbranched alkanes of at least 4 members (excludes halogenated alkanes) is 1. The number of carbonyl (C=O) groups excluding carboxylic acids is 1. The summed E-state index contributed by atoms with van der Waals surface area (Å²) >= 11 is 1.77. The van der Waals surface area contributed by atoms with Gasteiger partial charge in [-0.15, -0.1) is 36.2 Å². The van der Waals surface area contributed by atoms with Gasteiger partial charge in [-0.25, -0.2) is 4.98 Å². The molecular weight excluding hydrogens is 377 g/mol. The van der Waals surface area contributed by atoms with Crippen molar-refractivity contribution in [2.75, 3.05) is 13.1 Å². The van der Waals surface area contributed by atoms with Gasteiger partial charge in [0.15, 0.2) is 0 Å². The van der Waals surface area contributed by atoms with Crippen LogP contribution in [0.25, 0.3) is 10.2 Å². The van der Waals surface area contributed by atoms with Gasteiger partial charge in [-0.05, 0) is 45.2 Å². The number of benzene rings is 1. The number of aryl methyl sites for hydroxylation is 1. The highest BCUT2D eigenvalue weighted by Crippen LogP contribution is 2.23. The van der Waals surface area contributed by atoms with E-state index in [0.717, 1.165) is 37.9 Å². The van der Waals surface area contributed by atoms with Crippen molar-refractivity contribution < 1.29 is 4.79 Å². The number of nitrogens with one attached hydrogen (secondary N) is 1. The number of aromatic nitrogens is 1. The molecule has 7 heteroatoms. The van der Waals surface area contributed by atoms with Crippen LogP contribution in [0.15, 0.2) is 24.3 Å². The monoisotopic (exact) mass is 403 g/mol. The topological polar surface area (TPSA) is 45.2 Å². The van der Waals surface area contributed by atoms with Crippen LogP contribution in [0.4, 0.5) is 0 Å². The average molecular weight is 404 g/mol. The Morgan fingerprint density at radius 3 is 2.80 bits per heavy atom. The largest absolute Gasteiger partial charge is 0.337 e. The summed E-state index contributed by atoms with van der Waals surface area (Å²) in [5, 5.41) is 4.60. The molecule has 25 heavy (non-hydrogen) atoms. The zero-order chi connectivity index (χ0) is 16.2. The molecule has 1 fully saturated rings. The lowest BCUT2D eigenvalue weighted by Gasteiger charge is -2.38. The molecule has 1 saturated heterocycles. The van der Waals surface area contributed by atoms with Gasteiger partial charge in [-0.1, -0.05) is 12.1 Å². The van der Waals surface area contributed by atoms with Gasteiger partial charge in [0, 0.05) is 31.6 Å². The van der Waals surface area contributed by atoms with E-state index in [1.165, 1.54) is 9.71 Å². The van der Waals surface area contributed by atoms with E-state index in [0.29, 0.717) is 24.4 Å². The first-order valence-electron chi connectivity index (χ1n) is 8.52. The summed E-state index contributed by atoms with van der Waals surface area (Å²) in [5.74, 6) is 0.301. The lowest BCUT2D eigenvalue weighted by molar-refractivity contribution is -0.135. The molecule has 0 radical (unpaired) electrons. The van der Waals surface area contributed by atoms with Crippen molar-refractivity contribution in [2.45, 2.75) is 51.6 Å². The molecule has 4 nitrogen and oxygen atoms in total. The molecule has 1 amide bonds. The van der Waals surface area contributed by atoms with Gasteiger partial charge in [0.05, 0.1) is 15.2 Å². The first kappa shape index (κ1) is 22.2. The summed E-state index contributed by atoms with van der Waals surface area (Å²) in [5.41, 5.74) is 1.09. The Morgan fingerprint density at radius 1 is 1.28 bits per heavy atom. The number of halogens is 2. The van der Waals surface area contributed by atoms with Crippen molar-refractivity contribution in [3.63, 3.8) is 0 Å². The second kappa shape index (κ2) is 10.3. The third-order valence-corrected chi connectivity index (χ3v) is 5.82. The van der Waals surface area contributed by atoms with Gasteiger partial charge < -0.3 is 10.2 Å². The zero-order valence-electron chi connectivity index (χ0n) is 14.7. The molecule has 1 aromatic heterocycles. The molecule has 1 N–H and O–H groups in total. The summed E-state index contributed by atoms with van der Waals surface area (Å²) < 4.78 is 1.25. The molecule has 3 rings (SSSR count). The third-order valence-electron chi connectivity index (χ3n) is 4.72. The maximum atomic E-state index is 12.4. The van der Waals surface area contributed by atoms with Crippen LogP contribution >= 0.6 is 36.2 Å². The fourth-order valence-electron chi connectivity index (χ4n) is 3.13. The molecule has 1 aliphatic rings. The third kappa shape index (κ3) is 5.55. The van der Waals surface area contributed by atoms with Crippen LogP contribution in [0.2, 0.25) is 0 Å². The minimum Gasteiger partial charge on any atom is -0.337 e. The van der Waals surface area contributed by atoms with Gasteiger partial charge in [-0.3, -0.25) is 4.79 Å². The smallest absolute Gasteiger partial charge is 0.222 e. The Kier molecular flexibility index (Phi) is 9.14. The Hall–Kier alpha value is -0.880. The van der Waals surface area contributed by atoms with Crippen LogP contribution in [0.1, 0.15) is 38.1 Å². The maximum Gasteiger partial charge on any atom is 0.222 e. The molecule has 1 aromatic carbocycles. The predicted molar refractivity (Wildman–Crippen MR) is 110 cm³/mol. The second-order valence-corrected chi connectivity index (χ2v) is 7.47.